The summed E-state index contributed by atoms with van der Waals surface area (Å²) in [6, 6.07) is 13.2. The molecule has 0 aliphatic carbocycles. The minimum atomic E-state index is -0.714. The van der Waals surface area contributed by atoms with E-state index < -0.39 is 12.0 Å². The van der Waals surface area contributed by atoms with Gasteiger partial charge in [-0.25, -0.2) is 4.79 Å². The molecule has 1 amide bonds. The first-order valence-electron chi connectivity index (χ1n) is 6.74. The first-order chi connectivity index (χ1) is 10.6. The molecule has 1 aliphatic rings. The van der Waals surface area contributed by atoms with Crippen LogP contribution < -0.4 is 15.4 Å². The van der Waals surface area contributed by atoms with Crippen LogP contribution >= 0.6 is 11.6 Å². The van der Waals surface area contributed by atoms with Gasteiger partial charge in [0.15, 0.2) is 5.75 Å². The van der Waals surface area contributed by atoms with E-state index in [1.54, 1.807) is 42.5 Å². The van der Waals surface area contributed by atoms with Gasteiger partial charge in [-0.2, -0.15) is 0 Å². The van der Waals surface area contributed by atoms with Gasteiger partial charge < -0.3 is 15.4 Å². The van der Waals surface area contributed by atoms with Crippen LogP contribution in [0.15, 0.2) is 48.5 Å². The number of anilines is 2. The van der Waals surface area contributed by atoms with Crippen molar-refractivity contribution in [1.29, 1.82) is 0 Å². The molecule has 1 atom stereocenters. The van der Waals surface area contributed by atoms with Crippen molar-refractivity contribution in [3.8, 4) is 5.75 Å². The van der Waals surface area contributed by atoms with Gasteiger partial charge >= 0.3 is 5.97 Å². The number of rotatable bonds is 3. The first kappa shape index (κ1) is 14.4. The summed E-state index contributed by atoms with van der Waals surface area (Å²) in [5.41, 5.74) is 1.28. The summed E-state index contributed by atoms with van der Waals surface area (Å²) in [5.74, 6) is -0.296. The minimum absolute atomic E-state index is 0.0281. The second-order valence-corrected chi connectivity index (χ2v) is 5.31. The average Bonchev–Trinajstić information content (AvgIpc) is 2.48. The van der Waals surface area contributed by atoms with Gasteiger partial charge in [-0.15, -0.1) is 0 Å². The normalized spacial score (nSPS) is 16.2. The monoisotopic (exact) mass is 316 g/mol. The van der Waals surface area contributed by atoms with Crippen molar-refractivity contribution in [2.45, 2.75) is 12.5 Å². The second kappa shape index (κ2) is 6.07. The molecule has 0 saturated heterocycles. The lowest BCUT2D eigenvalue weighted by atomic mass is 10.1. The molecule has 0 bridgehead atoms. The lowest BCUT2D eigenvalue weighted by Gasteiger charge is -2.25. The van der Waals surface area contributed by atoms with Crippen LogP contribution in [0.1, 0.15) is 6.42 Å². The molecule has 112 valence electrons. The number of fused-ring (bicyclic) bond motifs is 1. The highest BCUT2D eigenvalue weighted by Crippen LogP contribution is 2.29. The Morgan fingerprint density at radius 3 is 2.86 bits per heavy atom. The Kier molecular flexibility index (Phi) is 3.98. The van der Waals surface area contributed by atoms with Crippen molar-refractivity contribution in [3.05, 3.63) is 53.6 Å². The van der Waals surface area contributed by atoms with E-state index in [0.29, 0.717) is 22.1 Å². The Morgan fingerprint density at radius 2 is 2.05 bits per heavy atom. The predicted octanol–water partition coefficient (Wildman–Crippen LogP) is 3.07. The third kappa shape index (κ3) is 3.20. The largest absolute Gasteiger partial charge is 0.423 e. The van der Waals surface area contributed by atoms with Crippen molar-refractivity contribution in [3.63, 3.8) is 0 Å². The third-order valence-electron chi connectivity index (χ3n) is 3.21. The van der Waals surface area contributed by atoms with Gasteiger partial charge in [0.25, 0.3) is 0 Å². The fourth-order valence-electron chi connectivity index (χ4n) is 2.20. The number of esters is 1. The maximum absolute atomic E-state index is 12.0. The summed E-state index contributed by atoms with van der Waals surface area (Å²) in [4.78, 5) is 24.0. The van der Waals surface area contributed by atoms with Gasteiger partial charge in [0.1, 0.15) is 6.04 Å². The van der Waals surface area contributed by atoms with Gasteiger partial charge in [0.05, 0.1) is 12.1 Å². The first-order valence-corrected chi connectivity index (χ1v) is 7.12. The summed E-state index contributed by atoms with van der Waals surface area (Å²) in [5, 5.41) is 6.25. The number of carbonyl (C=O) groups is 2. The molecule has 2 aromatic rings. The summed E-state index contributed by atoms with van der Waals surface area (Å²) >= 11 is 5.86. The molecule has 2 aromatic carbocycles. The van der Waals surface area contributed by atoms with Gasteiger partial charge in [0.2, 0.25) is 5.91 Å². The van der Waals surface area contributed by atoms with Crippen LogP contribution in [0, 0.1) is 0 Å². The Labute approximate surface area is 132 Å². The number of carbonyl (C=O) groups excluding carboxylic acids is 2. The lowest BCUT2D eigenvalue weighted by molar-refractivity contribution is -0.137. The fraction of sp³-hybridized carbons (Fsp3) is 0.125. The molecule has 0 unspecified atom stereocenters. The van der Waals surface area contributed by atoms with Crippen molar-refractivity contribution in [2.75, 3.05) is 10.6 Å². The molecule has 1 heterocycles. The zero-order valence-corrected chi connectivity index (χ0v) is 12.3. The van der Waals surface area contributed by atoms with Crippen LogP contribution in [0.5, 0.6) is 5.75 Å². The highest BCUT2D eigenvalue weighted by molar-refractivity contribution is 6.30. The van der Waals surface area contributed by atoms with Gasteiger partial charge in [-0.3, -0.25) is 4.79 Å². The second-order valence-electron chi connectivity index (χ2n) is 4.88. The number of hydrogen-bond acceptors (Lipinski definition) is 4. The van der Waals surface area contributed by atoms with E-state index in [1.165, 1.54) is 0 Å². The van der Waals surface area contributed by atoms with E-state index in [0.717, 1.165) is 0 Å². The number of ether oxygens (including phenoxy) is 1. The van der Waals surface area contributed by atoms with Crippen molar-refractivity contribution in [1.82, 2.24) is 0 Å². The molecule has 3 rings (SSSR count). The molecule has 1 aliphatic heterocycles. The molecule has 0 radical (unpaired) electrons. The van der Waals surface area contributed by atoms with Gasteiger partial charge in [-0.1, -0.05) is 29.8 Å². The maximum atomic E-state index is 12.0. The van der Waals surface area contributed by atoms with Crippen LogP contribution in [-0.2, 0) is 9.59 Å². The number of nitrogens with one attached hydrogen (secondary N) is 2. The quantitative estimate of drug-likeness (QED) is 0.674. The standard InChI is InChI=1S/C16H13ClN2O3/c17-10-4-3-5-11(8-10)18-15(20)9-13-16(21)22-14-7-2-1-6-12(14)19-13/h1-8,13,19H,9H2,(H,18,20)/t13-/m0/s1. The van der Waals surface area contributed by atoms with Crippen LogP contribution in [0.2, 0.25) is 5.02 Å². The summed E-state index contributed by atoms with van der Waals surface area (Å²) < 4.78 is 5.21. The van der Waals surface area contributed by atoms with Crippen molar-refractivity contribution < 1.29 is 14.3 Å². The van der Waals surface area contributed by atoms with Crippen LogP contribution in [-0.4, -0.2) is 17.9 Å². The number of para-hydroxylation sites is 2. The molecule has 2 N–H and O–H groups in total. The molecular weight excluding hydrogens is 304 g/mol. The topological polar surface area (TPSA) is 67.4 Å². The average molecular weight is 317 g/mol. The zero-order valence-electron chi connectivity index (χ0n) is 11.5. The molecule has 0 spiro atoms. The molecule has 5 nitrogen and oxygen atoms in total. The van der Waals surface area contributed by atoms with E-state index in [-0.39, 0.29) is 12.3 Å². The van der Waals surface area contributed by atoms with Crippen molar-refractivity contribution in [2.24, 2.45) is 0 Å². The number of hydrogen-bond donors (Lipinski definition) is 2. The zero-order chi connectivity index (χ0) is 15.5. The van der Waals surface area contributed by atoms with Crippen LogP contribution in [0.3, 0.4) is 0 Å². The van der Waals surface area contributed by atoms with Crippen molar-refractivity contribution >= 4 is 34.9 Å². The predicted molar refractivity (Wildman–Crippen MR) is 84.2 cm³/mol. The summed E-state index contributed by atoms with van der Waals surface area (Å²) in [6.45, 7) is 0. The van der Waals surface area contributed by atoms with Gasteiger partial charge in [0, 0.05) is 10.7 Å². The Morgan fingerprint density at radius 1 is 1.23 bits per heavy atom. The Hall–Kier alpha value is -2.53. The Bertz CT molecular complexity index is 733. The highest BCUT2D eigenvalue weighted by Gasteiger charge is 2.29. The lowest BCUT2D eigenvalue weighted by Crippen LogP contribution is -2.39. The van der Waals surface area contributed by atoms with E-state index in [9.17, 15) is 9.59 Å². The molecular formula is C16H13ClN2O3. The fourth-order valence-corrected chi connectivity index (χ4v) is 2.39. The molecule has 6 heteroatoms. The number of benzene rings is 2. The molecule has 0 fully saturated rings. The van der Waals surface area contributed by atoms with E-state index >= 15 is 0 Å². The van der Waals surface area contributed by atoms with Gasteiger partial charge in [-0.05, 0) is 30.3 Å². The molecule has 0 saturated carbocycles. The molecule has 0 aromatic heterocycles. The van der Waals surface area contributed by atoms with Crippen LogP contribution in [0.25, 0.3) is 0 Å². The van der Waals surface area contributed by atoms with Crippen LogP contribution in [0.4, 0.5) is 11.4 Å². The molecule has 22 heavy (non-hydrogen) atoms. The maximum Gasteiger partial charge on any atom is 0.334 e. The minimum Gasteiger partial charge on any atom is -0.423 e. The summed E-state index contributed by atoms with van der Waals surface area (Å²) in [6.07, 6.45) is -0.0281. The highest BCUT2D eigenvalue weighted by atomic mass is 35.5. The number of halogens is 1. The third-order valence-corrected chi connectivity index (χ3v) is 3.44. The summed E-state index contributed by atoms with van der Waals surface area (Å²) in [7, 11) is 0. The van der Waals surface area contributed by atoms with E-state index in [2.05, 4.69) is 10.6 Å². The SMILES string of the molecule is O=C(C[C@@H]1Nc2ccccc2OC1=O)Nc1cccc(Cl)c1. The van der Waals surface area contributed by atoms with E-state index in [4.69, 9.17) is 16.3 Å². The number of amides is 1. The Balaban J connectivity index is 1.66. The van der Waals surface area contributed by atoms with E-state index in [1.807, 2.05) is 6.07 Å². The smallest absolute Gasteiger partial charge is 0.334 e.